The van der Waals surface area contributed by atoms with Gasteiger partial charge in [-0.3, -0.25) is 0 Å². The minimum Gasteiger partial charge on any atom is -0.234 e. The fourth-order valence-electron chi connectivity index (χ4n) is 1.98. The van der Waals surface area contributed by atoms with Crippen LogP contribution in [-0.2, 0) is 4.79 Å². The summed E-state index contributed by atoms with van der Waals surface area (Å²) in [7, 11) is 0. The van der Waals surface area contributed by atoms with Crippen molar-refractivity contribution in [1.29, 1.82) is 0 Å². The predicted octanol–water partition coefficient (Wildman–Crippen LogP) is 6.94. The molecule has 0 saturated heterocycles. The van der Waals surface area contributed by atoms with Crippen molar-refractivity contribution in [2.45, 2.75) is 73.8 Å². The second kappa shape index (κ2) is 8.24. The van der Waals surface area contributed by atoms with Crippen molar-refractivity contribution < 1.29 is 79.4 Å². The van der Waals surface area contributed by atoms with E-state index < -0.39 is 72.5 Å². The SMILES string of the molecule is CC(=C=O)CCCC(F)(F)C(F)(F)C(F)(F)C(F)(F)C(F)(F)C(F)(F)C(F)(F)C(F)(F)F. The molecule has 18 heteroatoms. The highest BCUT2D eigenvalue weighted by Gasteiger charge is 2.95. The van der Waals surface area contributed by atoms with Crippen molar-refractivity contribution in [3.63, 3.8) is 0 Å². The highest BCUT2D eigenvalue weighted by atomic mass is 19.4. The van der Waals surface area contributed by atoms with Gasteiger partial charge in [0.25, 0.3) is 0 Å². The van der Waals surface area contributed by atoms with Gasteiger partial charge in [-0.2, -0.15) is 74.6 Å². The minimum absolute atomic E-state index is 0.484. The van der Waals surface area contributed by atoms with Crippen LogP contribution in [0, 0.1) is 0 Å². The Morgan fingerprint density at radius 3 is 1.19 bits per heavy atom. The zero-order chi connectivity index (χ0) is 26.4. The first-order valence-corrected chi connectivity index (χ1v) is 7.62. The summed E-state index contributed by atoms with van der Waals surface area (Å²) in [5.41, 5.74) is -0.484. The molecule has 0 spiro atoms. The average molecular weight is 516 g/mol. The summed E-state index contributed by atoms with van der Waals surface area (Å²) in [6.45, 7) is 0.857. The largest absolute Gasteiger partial charge is 0.460 e. The number of hydrogen-bond acceptors (Lipinski definition) is 1. The van der Waals surface area contributed by atoms with Crippen molar-refractivity contribution in [3.05, 3.63) is 5.57 Å². The third-order valence-electron chi connectivity index (χ3n) is 4.00. The molecule has 0 radical (unpaired) electrons. The Kier molecular flexibility index (Phi) is 7.79. The Hall–Kier alpha value is -1.74. The molecule has 0 amide bonds. The first-order chi connectivity index (χ1) is 13.7. The van der Waals surface area contributed by atoms with Crippen LogP contribution < -0.4 is 0 Å². The number of allylic oxidation sites excluding steroid dienone is 1. The number of alkyl halides is 17. The molecular weight excluding hydrogens is 507 g/mol. The summed E-state index contributed by atoms with van der Waals surface area (Å²) in [5.74, 6) is -55.2. The molecule has 0 aromatic heterocycles. The van der Waals surface area contributed by atoms with E-state index in [0.717, 1.165) is 12.9 Å². The third kappa shape index (κ3) is 4.25. The summed E-state index contributed by atoms with van der Waals surface area (Å²) in [4.78, 5) is 10.1. The molecule has 1 nitrogen and oxygen atoms in total. The van der Waals surface area contributed by atoms with Crippen LogP contribution in [0.4, 0.5) is 74.6 Å². The second-order valence-corrected chi connectivity index (χ2v) is 6.38. The molecule has 32 heavy (non-hydrogen) atoms. The van der Waals surface area contributed by atoms with E-state index in [1.54, 1.807) is 0 Å². The van der Waals surface area contributed by atoms with E-state index in [4.69, 9.17) is 0 Å². The smallest absolute Gasteiger partial charge is 0.234 e. The Morgan fingerprint density at radius 2 is 0.875 bits per heavy atom. The van der Waals surface area contributed by atoms with Gasteiger partial charge in [-0.25, -0.2) is 4.79 Å². The first kappa shape index (κ1) is 30.3. The summed E-state index contributed by atoms with van der Waals surface area (Å²) >= 11 is 0. The monoisotopic (exact) mass is 516 g/mol. The van der Waals surface area contributed by atoms with E-state index in [-0.39, 0.29) is 0 Å². The van der Waals surface area contributed by atoms with Crippen molar-refractivity contribution in [1.82, 2.24) is 0 Å². The molecule has 0 aliphatic heterocycles. The lowest BCUT2D eigenvalue weighted by Crippen LogP contribution is -2.74. The van der Waals surface area contributed by atoms with Gasteiger partial charge in [-0.15, -0.1) is 0 Å². The Balaban J connectivity index is 6.44. The lowest BCUT2D eigenvalue weighted by atomic mass is 9.87. The van der Waals surface area contributed by atoms with Gasteiger partial charge in [0.1, 0.15) is 5.94 Å². The fraction of sp³-hybridized carbons (Fsp3) is 0.857. The van der Waals surface area contributed by atoms with E-state index in [2.05, 4.69) is 0 Å². The molecule has 0 fully saturated rings. The molecule has 0 N–H and O–H groups in total. The van der Waals surface area contributed by atoms with Crippen LogP contribution in [0.2, 0.25) is 0 Å². The molecule has 0 bridgehead atoms. The Bertz CT molecular complexity index is 726. The second-order valence-electron chi connectivity index (χ2n) is 6.38. The van der Waals surface area contributed by atoms with Crippen LogP contribution in [0.25, 0.3) is 0 Å². The fourth-order valence-corrected chi connectivity index (χ4v) is 1.98. The maximum Gasteiger partial charge on any atom is 0.460 e. The quantitative estimate of drug-likeness (QED) is 0.227. The van der Waals surface area contributed by atoms with Gasteiger partial charge in [0.2, 0.25) is 0 Å². The first-order valence-electron chi connectivity index (χ1n) is 7.62. The topological polar surface area (TPSA) is 17.1 Å². The molecule has 0 atom stereocenters. The van der Waals surface area contributed by atoms with E-state index in [0.29, 0.717) is 0 Å². The Morgan fingerprint density at radius 1 is 0.562 bits per heavy atom. The predicted molar refractivity (Wildman–Crippen MR) is 69.4 cm³/mol. The van der Waals surface area contributed by atoms with Crippen molar-refractivity contribution in [2.75, 3.05) is 0 Å². The maximum atomic E-state index is 13.5. The average Bonchev–Trinajstić information content (AvgIpc) is 2.59. The molecular formula is C14H9F17O. The van der Waals surface area contributed by atoms with Crippen LogP contribution in [0.5, 0.6) is 0 Å². The summed E-state index contributed by atoms with van der Waals surface area (Å²) < 4.78 is 221. The van der Waals surface area contributed by atoms with E-state index in [9.17, 15) is 79.4 Å². The van der Waals surface area contributed by atoms with Gasteiger partial charge in [-0.1, -0.05) is 0 Å². The van der Waals surface area contributed by atoms with Crippen molar-refractivity contribution >= 4 is 5.94 Å². The maximum absolute atomic E-state index is 13.5. The molecule has 0 unspecified atom stereocenters. The van der Waals surface area contributed by atoms with Crippen LogP contribution in [-0.4, -0.2) is 53.6 Å². The van der Waals surface area contributed by atoms with Crippen LogP contribution in [0.15, 0.2) is 5.57 Å². The molecule has 0 heterocycles. The number of carbonyl (C=O) groups excluding carboxylic acids is 1. The molecule has 0 aromatic rings. The van der Waals surface area contributed by atoms with Gasteiger partial charge in [-0.05, 0) is 19.8 Å². The summed E-state index contributed by atoms with van der Waals surface area (Å²) in [6.07, 6.45) is -12.6. The highest BCUT2D eigenvalue weighted by Crippen LogP contribution is 2.64. The Labute approximate surface area is 166 Å². The van der Waals surface area contributed by atoms with Gasteiger partial charge < -0.3 is 0 Å². The van der Waals surface area contributed by atoms with E-state index >= 15 is 0 Å². The summed E-state index contributed by atoms with van der Waals surface area (Å²) in [5, 5.41) is 0. The lowest BCUT2D eigenvalue weighted by Gasteiger charge is -2.42. The number of halogens is 17. The highest BCUT2D eigenvalue weighted by molar-refractivity contribution is 5.50. The molecule has 0 aliphatic rings. The molecule has 0 aromatic carbocycles. The lowest BCUT2D eigenvalue weighted by molar-refractivity contribution is -0.461. The standard InChI is InChI=1S/C14H9F17O/c1-6(5-32)3-2-4-7(15,16)8(17,18)9(19,20)10(21,22)11(23,24)12(25,26)13(27,28)14(29,30)31/h2-4H2,1H3. The molecule has 0 aliphatic carbocycles. The number of hydrogen-bond donors (Lipinski definition) is 0. The van der Waals surface area contributed by atoms with Gasteiger partial charge in [0.05, 0.1) is 0 Å². The molecule has 190 valence electrons. The zero-order valence-electron chi connectivity index (χ0n) is 15.0. The zero-order valence-corrected chi connectivity index (χ0v) is 15.0. The minimum atomic E-state index is -8.63. The van der Waals surface area contributed by atoms with E-state index in [1.165, 1.54) is 0 Å². The van der Waals surface area contributed by atoms with Crippen molar-refractivity contribution in [3.8, 4) is 0 Å². The van der Waals surface area contributed by atoms with Gasteiger partial charge in [0, 0.05) is 12.0 Å². The number of rotatable bonds is 10. The van der Waals surface area contributed by atoms with Crippen LogP contribution in [0.1, 0.15) is 26.2 Å². The molecule has 0 saturated carbocycles. The van der Waals surface area contributed by atoms with Crippen LogP contribution in [0.3, 0.4) is 0 Å². The molecule has 0 rings (SSSR count). The summed E-state index contributed by atoms with van der Waals surface area (Å²) in [6, 6.07) is 0. The normalized spacial score (nSPS) is 15.6. The van der Waals surface area contributed by atoms with Gasteiger partial charge >= 0.3 is 47.6 Å². The van der Waals surface area contributed by atoms with Crippen LogP contribution >= 0.6 is 0 Å². The van der Waals surface area contributed by atoms with Crippen molar-refractivity contribution in [2.24, 2.45) is 0 Å². The van der Waals surface area contributed by atoms with Gasteiger partial charge in [0.15, 0.2) is 0 Å². The van der Waals surface area contributed by atoms with E-state index in [1.807, 2.05) is 0 Å². The third-order valence-corrected chi connectivity index (χ3v) is 4.00.